The Balaban J connectivity index is 2.37. The molecule has 0 saturated carbocycles. The lowest BCUT2D eigenvalue weighted by Crippen LogP contribution is -2.11. The van der Waals surface area contributed by atoms with Gasteiger partial charge in [0.05, 0.1) is 5.69 Å². The summed E-state index contributed by atoms with van der Waals surface area (Å²) in [5.74, 6) is 0.250. The number of phenolic OH excluding ortho intramolecular Hbond substituents is 1. The molecule has 0 aliphatic heterocycles. The van der Waals surface area contributed by atoms with Gasteiger partial charge in [0, 0.05) is 11.8 Å². The topological polar surface area (TPSA) is 32.6 Å². The van der Waals surface area contributed by atoms with Crippen molar-refractivity contribution in [1.82, 2.24) is 0 Å². The molecule has 0 saturated heterocycles. The summed E-state index contributed by atoms with van der Waals surface area (Å²) >= 11 is 0. The predicted octanol–water partition coefficient (Wildman–Crippen LogP) is 4.44. The maximum absolute atomic E-state index is 9.73. The molecule has 0 heterocycles. The maximum Gasteiger partial charge on any atom is 0.124 e. The third-order valence-electron chi connectivity index (χ3n) is 2.99. The van der Waals surface area contributed by atoms with Crippen LogP contribution < -0.4 is 0 Å². The molecule has 2 aromatic carbocycles. The molecule has 0 unspecified atom stereocenters. The fraction of sp³-hybridized carbons (Fsp3) is 0.235. The molecule has 0 bridgehead atoms. The van der Waals surface area contributed by atoms with Crippen LogP contribution in [0.25, 0.3) is 0 Å². The van der Waals surface area contributed by atoms with Gasteiger partial charge in [-0.25, -0.2) is 0 Å². The molecule has 19 heavy (non-hydrogen) atoms. The lowest BCUT2D eigenvalue weighted by Gasteiger charge is -2.20. The molecule has 0 aliphatic carbocycles. The summed E-state index contributed by atoms with van der Waals surface area (Å²) in [5.41, 5.74) is 2.92. The quantitative estimate of drug-likeness (QED) is 0.788. The number of rotatable bonds is 2. The standard InChI is InChI=1S/C17H19NO/c1-17(2,3)14-9-5-6-10-15(14)18-12-13-8-4-7-11-16(13)19/h4-12,19H,1-3H3. The molecule has 0 fully saturated rings. The first-order valence-electron chi connectivity index (χ1n) is 6.40. The number of hydrogen-bond donors (Lipinski definition) is 1. The summed E-state index contributed by atoms with van der Waals surface area (Å²) in [4.78, 5) is 4.52. The van der Waals surface area contributed by atoms with Crippen LogP contribution in [0.3, 0.4) is 0 Å². The van der Waals surface area contributed by atoms with E-state index in [0.717, 1.165) is 11.3 Å². The normalized spacial score (nSPS) is 11.9. The molecule has 2 nitrogen and oxygen atoms in total. The van der Waals surface area contributed by atoms with E-state index in [-0.39, 0.29) is 11.2 Å². The summed E-state index contributed by atoms with van der Waals surface area (Å²) in [6.07, 6.45) is 1.71. The van der Waals surface area contributed by atoms with Gasteiger partial charge in [0.25, 0.3) is 0 Å². The molecule has 0 aromatic heterocycles. The minimum atomic E-state index is 0.0483. The lowest BCUT2D eigenvalue weighted by molar-refractivity contribution is 0.474. The van der Waals surface area contributed by atoms with Gasteiger partial charge in [0.1, 0.15) is 5.75 Å². The van der Waals surface area contributed by atoms with Crippen molar-refractivity contribution in [1.29, 1.82) is 0 Å². The SMILES string of the molecule is CC(C)(C)c1ccccc1N=Cc1ccccc1O. The average molecular weight is 253 g/mol. The van der Waals surface area contributed by atoms with Crippen molar-refractivity contribution in [3.8, 4) is 5.75 Å². The lowest BCUT2D eigenvalue weighted by atomic mass is 9.86. The number of nitrogens with zero attached hydrogens (tertiary/aromatic N) is 1. The first-order valence-corrected chi connectivity index (χ1v) is 6.40. The maximum atomic E-state index is 9.73. The van der Waals surface area contributed by atoms with Gasteiger partial charge in [-0.05, 0) is 29.2 Å². The summed E-state index contributed by atoms with van der Waals surface area (Å²) in [7, 11) is 0. The molecule has 0 radical (unpaired) electrons. The number of para-hydroxylation sites is 2. The molecular weight excluding hydrogens is 234 g/mol. The molecular formula is C17H19NO. The minimum Gasteiger partial charge on any atom is -0.507 e. The van der Waals surface area contributed by atoms with E-state index in [1.165, 1.54) is 5.56 Å². The Morgan fingerprint density at radius 1 is 0.947 bits per heavy atom. The van der Waals surface area contributed by atoms with Crippen molar-refractivity contribution in [3.63, 3.8) is 0 Å². The van der Waals surface area contributed by atoms with Crippen LogP contribution in [-0.2, 0) is 5.41 Å². The zero-order valence-electron chi connectivity index (χ0n) is 11.6. The van der Waals surface area contributed by atoms with Crippen molar-refractivity contribution >= 4 is 11.9 Å². The van der Waals surface area contributed by atoms with Crippen LogP contribution in [0.5, 0.6) is 5.75 Å². The van der Waals surface area contributed by atoms with Gasteiger partial charge < -0.3 is 5.11 Å². The van der Waals surface area contributed by atoms with Gasteiger partial charge in [-0.2, -0.15) is 0 Å². The first kappa shape index (κ1) is 13.3. The van der Waals surface area contributed by atoms with E-state index in [1.807, 2.05) is 30.3 Å². The monoisotopic (exact) mass is 253 g/mol. The fourth-order valence-corrected chi connectivity index (χ4v) is 1.96. The van der Waals surface area contributed by atoms with Crippen molar-refractivity contribution in [3.05, 3.63) is 59.7 Å². The molecule has 98 valence electrons. The third kappa shape index (κ3) is 3.22. The van der Waals surface area contributed by atoms with E-state index in [9.17, 15) is 5.11 Å². The zero-order chi connectivity index (χ0) is 13.9. The molecule has 2 heteroatoms. The van der Waals surface area contributed by atoms with Gasteiger partial charge in [0.2, 0.25) is 0 Å². The summed E-state index contributed by atoms with van der Waals surface area (Å²) in [6.45, 7) is 6.50. The third-order valence-corrected chi connectivity index (χ3v) is 2.99. The van der Waals surface area contributed by atoms with Crippen molar-refractivity contribution in [2.45, 2.75) is 26.2 Å². The van der Waals surface area contributed by atoms with Gasteiger partial charge in [-0.1, -0.05) is 51.1 Å². The number of aromatic hydroxyl groups is 1. The molecule has 0 amide bonds. The van der Waals surface area contributed by atoms with Gasteiger partial charge in [0.15, 0.2) is 0 Å². The second kappa shape index (κ2) is 5.27. The number of aliphatic imine (C=N–C) groups is 1. The highest BCUT2D eigenvalue weighted by molar-refractivity contribution is 5.85. The number of benzene rings is 2. The summed E-state index contributed by atoms with van der Waals surface area (Å²) in [5, 5.41) is 9.73. The Kier molecular flexibility index (Phi) is 3.70. The smallest absolute Gasteiger partial charge is 0.124 e. The second-order valence-electron chi connectivity index (χ2n) is 5.58. The molecule has 1 N–H and O–H groups in total. The first-order chi connectivity index (χ1) is 8.98. The highest BCUT2D eigenvalue weighted by Crippen LogP contribution is 2.31. The minimum absolute atomic E-state index is 0.0483. The average Bonchev–Trinajstić information content (AvgIpc) is 2.37. The van der Waals surface area contributed by atoms with E-state index in [4.69, 9.17) is 0 Å². The number of phenols is 1. The number of hydrogen-bond acceptors (Lipinski definition) is 2. The van der Waals surface area contributed by atoms with E-state index >= 15 is 0 Å². The van der Waals surface area contributed by atoms with Crippen molar-refractivity contribution in [2.24, 2.45) is 4.99 Å². The predicted molar refractivity (Wildman–Crippen MR) is 80.5 cm³/mol. The molecule has 0 aliphatic rings. The van der Waals surface area contributed by atoms with E-state index in [0.29, 0.717) is 0 Å². The molecule has 0 atom stereocenters. The van der Waals surface area contributed by atoms with Crippen molar-refractivity contribution in [2.75, 3.05) is 0 Å². The Hall–Kier alpha value is -2.09. The summed E-state index contributed by atoms with van der Waals surface area (Å²) < 4.78 is 0. The Morgan fingerprint density at radius 2 is 1.58 bits per heavy atom. The van der Waals surface area contributed by atoms with E-state index < -0.39 is 0 Å². The molecule has 2 aromatic rings. The van der Waals surface area contributed by atoms with Gasteiger partial charge >= 0.3 is 0 Å². The van der Waals surface area contributed by atoms with Crippen LogP contribution in [0.2, 0.25) is 0 Å². The molecule has 0 spiro atoms. The van der Waals surface area contributed by atoms with Crippen LogP contribution in [0.4, 0.5) is 5.69 Å². The zero-order valence-corrected chi connectivity index (χ0v) is 11.6. The largest absolute Gasteiger partial charge is 0.507 e. The van der Waals surface area contributed by atoms with Crippen LogP contribution in [0, 0.1) is 0 Å². The Labute approximate surface area is 114 Å². The van der Waals surface area contributed by atoms with E-state index in [1.54, 1.807) is 18.3 Å². The molecule has 2 rings (SSSR count). The van der Waals surface area contributed by atoms with Gasteiger partial charge in [-0.3, -0.25) is 4.99 Å². The fourth-order valence-electron chi connectivity index (χ4n) is 1.96. The second-order valence-corrected chi connectivity index (χ2v) is 5.58. The Morgan fingerprint density at radius 3 is 2.26 bits per heavy atom. The van der Waals surface area contributed by atoms with Crippen LogP contribution in [0.1, 0.15) is 31.9 Å². The highest BCUT2D eigenvalue weighted by atomic mass is 16.3. The van der Waals surface area contributed by atoms with Crippen LogP contribution in [-0.4, -0.2) is 11.3 Å². The van der Waals surface area contributed by atoms with Crippen LogP contribution in [0.15, 0.2) is 53.5 Å². The summed E-state index contributed by atoms with van der Waals surface area (Å²) in [6, 6.07) is 15.3. The van der Waals surface area contributed by atoms with Gasteiger partial charge in [-0.15, -0.1) is 0 Å². The van der Waals surface area contributed by atoms with Crippen molar-refractivity contribution < 1.29 is 5.11 Å². The highest BCUT2D eigenvalue weighted by Gasteiger charge is 2.16. The van der Waals surface area contributed by atoms with E-state index in [2.05, 4.69) is 31.8 Å². The Bertz CT molecular complexity index is 594. The van der Waals surface area contributed by atoms with Crippen LogP contribution >= 0.6 is 0 Å².